The first-order chi connectivity index (χ1) is 6.40. The van der Waals surface area contributed by atoms with Crippen molar-refractivity contribution in [1.29, 1.82) is 5.26 Å². The van der Waals surface area contributed by atoms with Gasteiger partial charge in [0.05, 0.1) is 11.3 Å². The molecule has 0 N–H and O–H groups in total. The van der Waals surface area contributed by atoms with Crippen LogP contribution in [0.15, 0.2) is 29.9 Å². The molecule has 0 bridgehead atoms. The third-order valence-electron chi connectivity index (χ3n) is 1.54. The number of nitriles is 1. The topological polar surface area (TPSA) is 49.6 Å². The van der Waals surface area contributed by atoms with Crippen molar-refractivity contribution in [2.45, 2.75) is 0 Å². The summed E-state index contributed by atoms with van der Waals surface area (Å²) in [7, 11) is 0. The quantitative estimate of drug-likeness (QED) is 0.747. The zero-order chi connectivity index (χ0) is 9.10. The Hall–Kier alpha value is -1.44. The highest BCUT2D eigenvalue weighted by molar-refractivity contribution is 7.13. The molecule has 14 heavy (non-hydrogen) atoms. The molecule has 0 atom stereocenters. The fraction of sp³-hybridized carbons (Fsp3) is 0. The lowest BCUT2D eigenvalue weighted by Gasteiger charge is -1.93. The molecule has 2 rings (SSSR count). The molecule has 5 heteroatoms. The summed E-state index contributed by atoms with van der Waals surface area (Å²) in [5.41, 5.74) is 1.38. The van der Waals surface area contributed by atoms with E-state index in [0.717, 1.165) is 10.7 Å². The van der Waals surface area contributed by atoms with Crippen LogP contribution in [0.2, 0.25) is 0 Å². The third-order valence-corrected chi connectivity index (χ3v) is 2.34. The van der Waals surface area contributed by atoms with E-state index < -0.39 is 0 Å². The summed E-state index contributed by atoms with van der Waals surface area (Å²) in [5.74, 6) is 0. The first-order valence-electron chi connectivity index (χ1n) is 3.66. The predicted octanol–water partition coefficient (Wildman–Crippen LogP) is 2.50. The zero-order valence-electron chi connectivity index (χ0n) is 7.04. The molecule has 0 aliphatic heterocycles. The molecule has 0 radical (unpaired) electrons. The van der Waals surface area contributed by atoms with E-state index in [0.29, 0.717) is 5.56 Å². The highest BCUT2D eigenvalue weighted by Gasteiger charge is 2.00. The number of aromatic nitrogens is 2. The van der Waals surface area contributed by atoms with Crippen molar-refractivity contribution in [1.82, 2.24) is 9.97 Å². The number of hydrogen-bond donors (Lipinski definition) is 0. The summed E-state index contributed by atoms with van der Waals surface area (Å²) in [4.78, 5) is 8.23. The first kappa shape index (κ1) is 10.6. The van der Waals surface area contributed by atoms with Gasteiger partial charge in [-0.1, -0.05) is 0 Å². The van der Waals surface area contributed by atoms with Gasteiger partial charge in [-0.15, -0.1) is 23.7 Å². The average molecular weight is 224 g/mol. The fourth-order valence-electron chi connectivity index (χ4n) is 0.936. The number of thiazole rings is 1. The molecule has 0 unspecified atom stereocenters. The Bertz CT molecular complexity index is 430. The molecule has 0 spiro atoms. The van der Waals surface area contributed by atoms with E-state index in [1.165, 1.54) is 11.3 Å². The van der Waals surface area contributed by atoms with Crippen LogP contribution in [-0.2, 0) is 0 Å². The maximum atomic E-state index is 8.56. The van der Waals surface area contributed by atoms with Gasteiger partial charge in [0.2, 0.25) is 0 Å². The molecule has 3 nitrogen and oxygen atoms in total. The van der Waals surface area contributed by atoms with Gasteiger partial charge in [0.1, 0.15) is 11.1 Å². The van der Waals surface area contributed by atoms with Crippen LogP contribution in [0.4, 0.5) is 0 Å². The number of rotatable bonds is 1. The Morgan fingerprint density at radius 2 is 2.14 bits per heavy atom. The molecule has 0 saturated carbocycles. The van der Waals surface area contributed by atoms with E-state index in [-0.39, 0.29) is 12.4 Å². The van der Waals surface area contributed by atoms with Crippen LogP contribution in [0.3, 0.4) is 0 Å². The molecule has 70 valence electrons. The van der Waals surface area contributed by atoms with Crippen LogP contribution >= 0.6 is 23.7 Å². The number of hydrogen-bond acceptors (Lipinski definition) is 4. The smallest absolute Gasteiger partial charge is 0.141 e. The van der Waals surface area contributed by atoms with Gasteiger partial charge in [-0.2, -0.15) is 5.26 Å². The van der Waals surface area contributed by atoms with E-state index >= 15 is 0 Å². The van der Waals surface area contributed by atoms with Crippen molar-refractivity contribution in [3.63, 3.8) is 0 Å². The van der Waals surface area contributed by atoms with Crippen molar-refractivity contribution in [3.8, 4) is 16.8 Å². The van der Waals surface area contributed by atoms with Crippen LogP contribution in [-0.4, -0.2) is 9.97 Å². The first-order valence-corrected chi connectivity index (χ1v) is 4.54. The molecule has 0 aliphatic rings. The van der Waals surface area contributed by atoms with Crippen molar-refractivity contribution in [3.05, 3.63) is 35.5 Å². The molecular formula is C9H6ClN3S. The maximum absolute atomic E-state index is 8.56. The van der Waals surface area contributed by atoms with Crippen LogP contribution in [0.25, 0.3) is 10.7 Å². The second-order valence-electron chi connectivity index (χ2n) is 2.38. The van der Waals surface area contributed by atoms with Gasteiger partial charge >= 0.3 is 0 Å². The highest BCUT2D eigenvalue weighted by Crippen LogP contribution is 2.18. The Morgan fingerprint density at radius 3 is 2.64 bits per heavy atom. The van der Waals surface area contributed by atoms with Gasteiger partial charge in [0, 0.05) is 17.8 Å². The zero-order valence-corrected chi connectivity index (χ0v) is 8.68. The third kappa shape index (κ3) is 2.08. The average Bonchev–Trinajstić information content (AvgIpc) is 2.71. The summed E-state index contributed by atoms with van der Waals surface area (Å²) < 4.78 is 0. The highest BCUT2D eigenvalue weighted by atomic mass is 35.5. The second kappa shape index (κ2) is 4.70. The molecule has 0 fully saturated rings. The maximum Gasteiger partial charge on any atom is 0.141 e. The minimum atomic E-state index is 0. The lowest BCUT2D eigenvalue weighted by atomic mass is 10.3. The molecule has 2 heterocycles. The summed E-state index contributed by atoms with van der Waals surface area (Å²) in [5, 5.41) is 11.3. The normalized spacial score (nSPS) is 8.79. The van der Waals surface area contributed by atoms with E-state index in [2.05, 4.69) is 9.97 Å². The molecule has 0 aromatic carbocycles. The summed E-state index contributed by atoms with van der Waals surface area (Å²) in [6, 6.07) is 5.56. The van der Waals surface area contributed by atoms with Gasteiger partial charge in [-0.25, -0.2) is 4.98 Å². The van der Waals surface area contributed by atoms with E-state index in [9.17, 15) is 0 Å². The van der Waals surface area contributed by atoms with Gasteiger partial charge in [-0.3, -0.25) is 4.98 Å². The summed E-state index contributed by atoms with van der Waals surface area (Å²) >= 11 is 1.53. The summed E-state index contributed by atoms with van der Waals surface area (Å²) in [6.45, 7) is 0. The van der Waals surface area contributed by atoms with Crippen molar-refractivity contribution >= 4 is 23.7 Å². The van der Waals surface area contributed by atoms with Gasteiger partial charge in [-0.05, 0) is 12.1 Å². The number of pyridine rings is 1. The van der Waals surface area contributed by atoms with Crippen molar-refractivity contribution in [2.75, 3.05) is 0 Å². The Morgan fingerprint density at radius 1 is 1.29 bits per heavy atom. The lowest BCUT2D eigenvalue weighted by molar-refractivity contribution is 1.27. The SMILES string of the molecule is Cl.N#Cc1ccc(-c2nccs2)nc1. The van der Waals surface area contributed by atoms with E-state index in [4.69, 9.17) is 5.26 Å². The van der Waals surface area contributed by atoms with Crippen molar-refractivity contribution < 1.29 is 0 Å². The summed E-state index contributed by atoms with van der Waals surface area (Å²) in [6.07, 6.45) is 3.29. The molecule has 2 aromatic rings. The largest absolute Gasteiger partial charge is 0.252 e. The van der Waals surface area contributed by atoms with Gasteiger partial charge < -0.3 is 0 Å². The van der Waals surface area contributed by atoms with Crippen LogP contribution in [0.5, 0.6) is 0 Å². The second-order valence-corrected chi connectivity index (χ2v) is 3.28. The molecule has 2 aromatic heterocycles. The van der Waals surface area contributed by atoms with Gasteiger partial charge in [0.15, 0.2) is 0 Å². The Kier molecular flexibility index (Phi) is 3.57. The minimum absolute atomic E-state index is 0. The van der Waals surface area contributed by atoms with Gasteiger partial charge in [0.25, 0.3) is 0 Å². The predicted molar refractivity (Wildman–Crippen MR) is 57.3 cm³/mol. The Balaban J connectivity index is 0.000000980. The standard InChI is InChI=1S/C9H5N3S.ClH/c10-5-7-1-2-8(12-6-7)9-11-3-4-13-9;/h1-4,6H;1H. The van der Waals surface area contributed by atoms with E-state index in [1.807, 2.05) is 11.4 Å². The minimum Gasteiger partial charge on any atom is -0.252 e. The van der Waals surface area contributed by atoms with Crippen LogP contribution in [0.1, 0.15) is 5.56 Å². The van der Waals surface area contributed by atoms with Crippen LogP contribution in [0, 0.1) is 11.3 Å². The van der Waals surface area contributed by atoms with E-state index in [1.54, 1.807) is 24.5 Å². The lowest BCUT2D eigenvalue weighted by Crippen LogP contribution is -1.82. The number of nitrogens with zero attached hydrogens (tertiary/aromatic N) is 3. The molecule has 0 aliphatic carbocycles. The Labute approximate surface area is 91.5 Å². The van der Waals surface area contributed by atoms with Crippen molar-refractivity contribution in [2.24, 2.45) is 0 Å². The number of halogens is 1. The molecular weight excluding hydrogens is 218 g/mol. The fourth-order valence-corrected chi connectivity index (χ4v) is 1.55. The molecule has 0 amide bonds. The monoisotopic (exact) mass is 223 g/mol. The van der Waals surface area contributed by atoms with Crippen LogP contribution < -0.4 is 0 Å². The molecule has 0 saturated heterocycles.